The minimum Gasteiger partial charge on any atom is -0.462 e. The van der Waals surface area contributed by atoms with Crippen molar-refractivity contribution in [3.8, 4) is 0 Å². The first-order chi connectivity index (χ1) is 33.0. The highest BCUT2D eigenvalue weighted by molar-refractivity contribution is 5.70. The third-order valence-corrected chi connectivity index (χ3v) is 12.9. The Bertz CT molecular complexity index is 1280. The highest BCUT2D eigenvalue weighted by atomic mass is 16.7. The molecule has 0 bridgehead atoms. The van der Waals surface area contributed by atoms with Gasteiger partial charge in [-0.3, -0.25) is 9.59 Å². The molecule has 15 heteroatoms. The number of aliphatic hydroxyl groups excluding tert-OH is 7. The summed E-state index contributed by atoms with van der Waals surface area (Å²) in [6, 6.07) is 0. The molecule has 0 aromatic rings. The molecule has 4 unspecified atom stereocenters. The van der Waals surface area contributed by atoms with E-state index in [1.807, 2.05) is 0 Å². The van der Waals surface area contributed by atoms with Crippen LogP contribution in [0.5, 0.6) is 0 Å². The number of allylic oxidation sites excluding steroid dienone is 4. The molecule has 2 aliphatic rings. The van der Waals surface area contributed by atoms with Crippen LogP contribution in [0.15, 0.2) is 24.3 Å². The van der Waals surface area contributed by atoms with E-state index in [-0.39, 0.29) is 26.1 Å². The molecule has 398 valence electrons. The Balaban J connectivity index is 1.80. The van der Waals surface area contributed by atoms with Crippen molar-refractivity contribution in [1.82, 2.24) is 0 Å². The molecule has 7 N–H and O–H groups in total. The van der Waals surface area contributed by atoms with Crippen LogP contribution in [0.3, 0.4) is 0 Å². The van der Waals surface area contributed by atoms with E-state index in [4.69, 9.17) is 28.4 Å². The molecular weight excluding hydrogens is 877 g/mol. The third-order valence-electron chi connectivity index (χ3n) is 12.9. The van der Waals surface area contributed by atoms with Crippen molar-refractivity contribution in [3.63, 3.8) is 0 Å². The van der Waals surface area contributed by atoms with Crippen LogP contribution in [0.1, 0.15) is 206 Å². The number of esters is 2. The average molecular weight is 973 g/mol. The van der Waals surface area contributed by atoms with Gasteiger partial charge >= 0.3 is 11.9 Å². The number of carbonyl (C=O) groups excluding carboxylic acids is 2. The lowest BCUT2D eigenvalue weighted by Crippen LogP contribution is -2.61. The lowest BCUT2D eigenvalue weighted by Gasteiger charge is -2.42. The summed E-state index contributed by atoms with van der Waals surface area (Å²) in [7, 11) is 0. The number of carbonyl (C=O) groups is 2. The van der Waals surface area contributed by atoms with E-state index in [9.17, 15) is 45.3 Å². The summed E-state index contributed by atoms with van der Waals surface area (Å²) in [5.41, 5.74) is 0. The second-order valence-electron chi connectivity index (χ2n) is 19.0. The summed E-state index contributed by atoms with van der Waals surface area (Å²) in [4.78, 5) is 25.8. The highest BCUT2D eigenvalue weighted by Gasteiger charge is 2.47. The van der Waals surface area contributed by atoms with Gasteiger partial charge in [-0.15, -0.1) is 0 Å². The van der Waals surface area contributed by atoms with Crippen LogP contribution in [0, 0.1) is 0 Å². The van der Waals surface area contributed by atoms with Gasteiger partial charge in [0.05, 0.1) is 19.8 Å². The standard InChI is InChI=1S/C53H96O15/c1-3-5-7-9-11-13-15-17-19-20-22-23-25-27-29-31-33-35-44(55)63-38-41(66-45(56)36-34-32-30-28-26-24-21-18-16-14-12-10-8-6-4-2)39-64-52-51(62)49(60)47(58)43(68-52)40-65-53-50(61)48(59)46(57)42(37-54)67-53/h17,19,26,28,41-43,46-54,57-62H,3-16,18,20-25,27,29-40H2,1-2H3/b19-17+,28-26+/t41-,42+,43+,46-,47-,48?,49?,50?,51?,52+,53+/m0/s1. The minimum absolute atomic E-state index is 0.136. The Morgan fingerprint density at radius 3 is 1.32 bits per heavy atom. The van der Waals surface area contributed by atoms with Crippen LogP contribution in [0.25, 0.3) is 0 Å². The first-order valence-corrected chi connectivity index (χ1v) is 26.9. The first-order valence-electron chi connectivity index (χ1n) is 26.9. The topological polar surface area (TPSA) is 231 Å². The van der Waals surface area contributed by atoms with E-state index in [0.717, 1.165) is 44.9 Å². The Hall–Kier alpha value is -2.02. The number of hydrogen-bond donors (Lipinski definition) is 7. The molecule has 0 spiro atoms. The molecule has 2 heterocycles. The molecule has 2 rings (SSSR count). The zero-order valence-electron chi connectivity index (χ0n) is 42.1. The maximum Gasteiger partial charge on any atom is 0.306 e. The van der Waals surface area contributed by atoms with Crippen LogP contribution in [-0.2, 0) is 38.0 Å². The van der Waals surface area contributed by atoms with Crippen LogP contribution in [-0.4, -0.2) is 142 Å². The van der Waals surface area contributed by atoms with Crippen LogP contribution < -0.4 is 0 Å². The fraction of sp³-hybridized carbons (Fsp3) is 0.887. The number of rotatable bonds is 42. The van der Waals surface area contributed by atoms with Crippen LogP contribution in [0.2, 0.25) is 0 Å². The fourth-order valence-corrected chi connectivity index (χ4v) is 8.44. The maximum atomic E-state index is 13.0. The molecule has 2 saturated heterocycles. The normalized spacial score (nSPS) is 25.9. The molecule has 0 saturated carbocycles. The number of aliphatic hydroxyl groups is 7. The molecule has 0 radical (unpaired) electrons. The highest BCUT2D eigenvalue weighted by Crippen LogP contribution is 2.26. The van der Waals surface area contributed by atoms with E-state index >= 15 is 0 Å². The smallest absolute Gasteiger partial charge is 0.306 e. The molecule has 0 amide bonds. The Labute approximate surface area is 409 Å². The van der Waals surface area contributed by atoms with Gasteiger partial charge < -0.3 is 64.2 Å². The maximum absolute atomic E-state index is 13.0. The van der Waals surface area contributed by atoms with Gasteiger partial charge in [0.25, 0.3) is 0 Å². The fourth-order valence-electron chi connectivity index (χ4n) is 8.44. The predicted octanol–water partition coefficient (Wildman–Crippen LogP) is 7.94. The molecule has 15 nitrogen and oxygen atoms in total. The SMILES string of the molecule is CCCCCCCC/C=C/CCCCCCCCCC(=O)OC[C@@H](CO[C@@H]1O[C@H](CO[C@@H]2O[C@H](CO)[C@H](O)C(O)C2O)[C@H](O)C(O)C1O)OC(=O)CCCC/C=C/CCCCCCCCCCC. The lowest BCUT2D eigenvalue weighted by atomic mass is 9.98. The molecule has 11 atom stereocenters. The summed E-state index contributed by atoms with van der Waals surface area (Å²) in [6.45, 7) is 2.58. The van der Waals surface area contributed by atoms with Gasteiger partial charge in [-0.2, -0.15) is 0 Å². The van der Waals surface area contributed by atoms with Gasteiger partial charge in [-0.1, -0.05) is 154 Å². The second kappa shape index (κ2) is 40.6. The molecule has 0 aromatic carbocycles. The molecule has 0 aromatic heterocycles. The van der Waals surface area contributed by atoms with Crippen molar-refractivity contribution < 1.29 is 73.8 Å². The molecule has 68 heavy (non-hydrogen) atoms. The second-order valence-corrected chi connectivity index (χ2v) is 19.0. The van der Waals surface area contributed by atoms with Crippen molar-refractivity contribution in [2.75, 3.05) is 26.4 Å². The summed E-state index contributed by atoms with van der Waals surface area (Å²) >= 11 is 0. The van der Waals surface area contributed by atoms with E-state index < -0.39 is 92.7 Å². The zero-order valence-corrected chi connectivity index (χ0v) is 42.1. The van der Waals surface area contributed by atoms with Gasteiger partial charge in [-0.05, 0) is 64.2 Å². The molecule has 0 aliphatic carbocycles. The van der Waals surface area contributed by atoms with Gasteiger partial charge in [0.2, 0.25) is 0 Å². The van der Waals surface area contributed by atoms with Gasteiger partial charge in [0, 0.05) is 12.8 Å². The Morgan fingerprint density at radius 1 is 0.456 bits per heavy atom. The molecule has 2 aliphatic heterocycles. The summed E-state index contributed by atoms with van der Waals surface area (Å²) in [6.07, 6.45) is 24.9. The predicted molar refractivity (Wildman–Crippen MR) is 261 cm³/mol. The molecule has 2 fully saturated rings. The summed E-state index contributed by atoms with van der Waals surface area (Å²) in [5, 5.41) is 72.1. The van der Waals surface area contributed by atoms with Gasteiger partial charge in [0.1, 0.15) is 55.4 Å². The van der Waals surface area contributed by atoms with E-state index in [2.05, 4.69) is 38.2 Å². The minimum atomic E-state index is -1.77. The number of unbranched alkanes of at least 4 members (excludes halogenated alkanes) is 24. The largest absolute Gasteiger partial charge is 0.462 e. The van der Waals surface area contributed by atoms with Crippen LogP contribution >= 0.6 is 0 Å². The van der Waals surface area contributed by atoms with Gasteiger partial charge in [-0.25, -0.2) is 0 Å². The van der Waals surface area contributed by atoms with Crippen molar-refractivity contribution in [2.45, 2.75) is 274 Å². The zero-order chi connectivity index (χ0) is 49.6. The van der Waals surface area contributed by atoms with Crippen molar-refractivity contribution in [1.29, 1.82) is 0 Å². The summed E-state index contributed by atoms with van der Waals surface area (Å²) in [5.74, 6) is -0.949. The van der Waals surface area contributed by atoms with Crippen molar-refractivity contribution in [2.24, 2.45) is 0 Å². The van der Waals surface area contributed by atoms with Gasteiger partial charge in [0.15, 0.2) is 18.7 Å². The monoisotopic (exact) mass is 973 g/mol. The average Bonchev–Trinajstić information content (AvgIpc) is 3.33. The molecular formula is C53H96O15. The van der Waals surface area contributed by atoms with E-state index in [0.29, 0.717) is 12.8 Å². The van der Waals surface area contributed by atoms with Crippen molar-refractivity contribution >= 4 is 11.9 Å². The quantitative estimate of drug-likeness (QED) is 0.0175. The number of hydrogen-bond acceptors (Lipinski definition) is 15. The van der Waals surface area contributed by atoms with E-state index in [1.165, 1.54) is 122 Å². The summed E-state index contributed by atoms with van der Waals surface area (Å²) < 4.78 is 33.6. The first kappa shape index (κ1) is 62.1. The van der Waals surface area contributed by atoms with Crippen molar-refractivity contribution in [3.05, 3.63) is 24.3 Å². The Kier molecular flexibility index (Phi) is 37.0. The van der Waals surface area contributed by atoms with Crippen LogP contribution in [0.4, 0.5) is 0 Å². The number of ether oxygens (including phenoxy) is 6. The Morgan fingerprint density at radius 2 is 0.838 bits per heavy atom. The van der Waals surface area contributed by atoms with E-state index in [1.54, 1.807) is 0 Å². The third kappa shape index (κ3) is 28.1. The lowest BCUT2D eigenvalue weighted by molar-refractivity contribution is -0.332.